The highest BCUT2D eigenvalue weighted by Gasteiger charge is 2.27. The molecule has 0 atom stereocenters. The molecule has 0 unspecified atom stereocenters. The van der Waals surface area contributed by atoms with Gasteiger partial charge < -0.3 is 14.5 Å². The predicted molar refractivity (Wildman–Crippen MR) is 191 cm³/mol. The summed E-state index contributed by atoms with van der Waals surface area (Å²) in [5.74, 6) is 2.45. The average Bonchev–Trinajstić information content (AvgIpc) is 3.59. The van der Waals surface area contributed by atoms with Gasteiger partial charge in [-0.15, -0.1) is 0 Å². The van der Waals surface area contributed by atoms with E-state index in [0.717, 1.165) is 51.8 Å². The molecule has 3 heterocycles. The van der Waals surface area contributed by atoms with Crippen LogP contribution in [0.1, 0.15) is 26.3 Å². The number of rotatable bonds is 5. The van der Waals surface area contributed by atoms with Gasteiger partial charge in [0.2, 0.25) is 0 Å². The van der Waals surface area contributed by atoms with Gasteiger partial charge in [-0.3, -0.25) is 4.57 Å². The molecule has 0 saturated heterocycles. The first-order chi connectivity index (χ1) is 22.3. The molecule has 0 aliphatic carbocycles. The molecule has 1 aliphatic rings. The number of anilines is 3. The van der Waals surface area contributed by atoms with E-state index in [9.17, 15) is 0 Å². The second kappa shape index (κ2) is 10.8. The van der Waals surface area contributed by atoms with Gasteiger partial charge in [0.25, 0.3) is 0 Å². The Morgan fingerprint density at radius 3 is 2.22 bits per heavy atom. The molecule has 8 rings (SSSR count). The zero-order valence-electron chi connectivity index (χ0n) is 26.6. The molecule has 5 aromatic carbocycles. The second-order valence-electron chi connectivity index (χ2n) is 13.1. The van der Waals surface area contributed by atoms with Crippen molar-refractivity contribution in [2.24, 2.45) is 0 Å². The van der Waals surface area contributed by atoms with Crippen LogP contribution in [-0.2, 0) is 5.41 Å². The number of fused-ring (bicyclic) bond motifs is 4. The Morgan fingerprint density at radius 2 is 1.41 bits per heavy atom. The molecule has 5 nitrogen and oxygen atoms in total. The van der Waals surface area contributed by atoms with Crippen LogP contribution in [0.5, 0.6) is 11.5 Å². The lowest BCUT2D eigenvalue weighted by Crippen LogP contribution is -2.24. The first kappa shape index (κ1) is 28.0. The van der Waals surface area contributed by atoms with E-state index in [2.05, 4.69) is 151 Å². The van der Waals surface area contributed by atoms with Crippen molar-refractivity contribution in [1.29, 1.82) is 0 Å². The van der Waals surface area contributed by atoms with E-state index in [0.29, 0.717) is 0 Å². The fourth-order valence-corrected chi connectivity index (χ4v) is 6.59. The Labute approximate surface area is 269 Å². The lowest BCUT2D eigenvalue weighted by atomic mass is 9.86. The van der Waals surface area contributed by atoms with E-state index in [1.54, 1.807) is 0 Å². The minimum atomic E-state index is 0.0540. The van der Waals surface area contributed by atoms with Crippen LogP contribution in [0.15, 0.2) is 134 Å². The molecule has 0 saturated carbocycles. The van der Waals surface area contributed by atoms with Crippen molar-refractivity contribution >= 4 is 38.9 Å². The van der Waals surface area contributed by atoms with Gasteiger partial charge in [0, 0.05) is 41.8 Å². The van der Waals surface area contributed by atoms with Crippen LogP contribution >= 0.6 is 0 Å². The number of nitrogens with zero attached hydrogens (tertiary/aromatic N) is 4. The van der Waals surface area contributed by atoms with E-state index >= 15 is 0 Å². The summed E-state index contributed by atoms with van der Waals surface area (Å²) < 4.78 is 8.97. The Hall–Kier alpha value is -5.55. The van der Waals surface area contributed by atoms with E-state index < -0.39 is 0 Å². The third-order valence-electron chi connectivity index (χ3n) is 8.97. The van der Waals surface area contributed by atoms with Gasteiger partial charge >= 0.3 is 0 Å². The molecule has 5 heteroatoms. The van der Waals surface area contributed by atoms with Gasteiger partial charge in [0.15, 0.2) is 0 Å². The van der Waals surface area contributed by atoms with Crippen molar-refractivity contribution < 1.29 is 4.74 Å². The van der Waals surface area contributed by atoms with Crippen molar-refractivity contribution in [3.8, 4) is 28.4 Å². The summed E-state index contributed by atoms with van der Waals surface area (Å²) in [5.41, 5.74) is 9.35. The highest BCUT2D eigenvalue weighted by atomic mass is 16.5. The fourth-order valence-electron chi connectivity index (χ4n) is 6.59. The second-order valence-corrected chi connectivity index (χ2v) is 13.1. The Kier molecular flexibility index (Phi) is 6.57. The summed E-state index contributed by atoms with van der Waals surface area (Å²) in [5, 5.41) is 2.35. The summed E-state index contributed by atoms with van der Waals surface area (Å²) >= 11 is 0. The highest BCUT2D eigenvalue weighted by molar-refractivity contribution is 6.09. The molecule has 1 aliphatic heterocycles. The van der Waals surface area contributed by atoms with Crippen LogP contribution < -0.4 is 14.5 Å². The van der Waals surface area contributed by atoms with Crippen LogP contribution in [0, 0.1) is 0 Å². The average molecular weight is 601 g/mol. The van der Waals surface area contributed by atoms with Gasteiger partial charge in [-0.2, -0.15) is 0 Å². The summed E-state index contributed by atoms with van der Waals surface area (Å²) in [7, 11) is 2.16. The Morgan fingerprint density at radius 1 is 0.630 bits per heavy atom. The van der Waals surface area contributed by atoms with Crippen molar-refractivity contribution in [2.45, 2.75) is 26.2 Å². The lowest BCUT2D eigenvalue weighted by Gasteiger charge is -2.24. The lowest BCUT2D eigenvalue weighted by molar-refractivity contribution is 0.483. The van der Waals surface area contributed by atoms with Crippen LogP contribution in [0.25, 0.3) is 38.8 Å². The summed E-state index contributed by atoms with van der Waals surface area (Å²) in [6.45, 7) is 7.56. The summed E-state index contributed by atoms with van der Waals surface area (Å²) in [4.78, 5) is 9.40. The first-order valence-electron chi connectivity index (χ1n) is 15.8. The van der Waals surface area contributed by atoms with E-state index in [4.69, 9.17) is 9.72 Å². The molecule has 0 fully saturated rings. The third-order valence-corrected chi connectivity index (χ3v) is 8.97. The van der Waals surface area contributed by atoms with Crippen molar-refractivity contribution in [3.05, 3.63) is 139 Å². The van der Waals surface area contributed by atoms with Crippen molar-refractivity contribution in [3.63, 3.8) is 0 Å². The number of ether oxygens (including phenoxy) is 1. The number of aromatic nitrogens is 2. The SMILES string of the molecule is CN1CN(c2cc(Oc3ccc4c5ccccc5n(-c5ccccn5)c4c3)cc(-c3ccccc3)c2)c2cc(C(C)(C)C)ccc21. The molecular formula is C41H36N4O. The Balaban J connectivity index is 1.25. The molecule has 0 amide bonds. The topological polar surface area (TPSA) is 33.5 Å². The first-order valence-corrected chi connectivity index (χ1v) is 15.8. The van der Waals surface area contributed by atoms with E-state index in [1.165, 1.54) is 27.7 Å². The normalized spacial score (nSPS) is 13.0. The minimum Gasteiger partial charge on any atom is -0.457 e. The van der Waals surface area contributed by atoms with E-state index in [1.807, 2.05) is 24.4 Å². The molecule has 46 heavy (non-hydrogen) atoms. The molecule has 0 N–H and O–H groups in total. The quantitative estimate of drug-likeness (QED) is 0.197. The zero-order chi connectivity index (χ0) is 31.4. The van der Waals surface area contributed by atoms with Crippen molar-refractivity contribution in [1.82, 2.24) is 9.55 Å². The molecular weight excluding hydrogens is 564 g/mol. The molecule has 226 valence electrons. The number of hydrogen-bond donors (Lipinski definition) is 0. The van der Waals surface area contributed by atoms with Crippen LogP contribution in [-0.4, -0.2) is 23.3 Å². The number of para-hydroxylation sites is 1. The van der Waals surface area contributed by atoms with Crippen LogP contribution in [0.2, 0.25) is 0 Å². The largest absolute Gasteiger partial charge is 0.457 e. The molecule has 7 aromatic rings. The minimum absolute atomic E-state index is 0.0540. The summed E-state index contributed by atoms with van der Waals surface area (Å²) in [6.07, 6.45) is 1.84. The van der Waals surface area contributed by atoms with Gasteiger partial charge in [-0.25, -0.2) is 4.98 Å². The predicted octanol–water partition coefficient (Wildman–Crippen LogP) is 10.5. The standard InChI is InChI=1S/C41H36N4O/c1-41(2,3)30-17-20-37-39(24-30)44(27-43(37)4)31-22-29(28-12-6-5-7-13-28)23-33(25-31)46-32-18-19-35-34-14-8-9-15-36(34)45(38(35)26-32)40-16-10-11-21-42-40/h5-26H,27H2,1-4H3. The van der Waals surface area contributed by atoms with Crippen LogP contribution in [0.3, 0.4) is 0 Å². The smallest absolute Gasteiger partial charge is 0.137 e. The molecule has 0 spiro atoms. The van der Waals surface area contributed by atoms with Gasteiger partial charge in [-0.1, -0.05) is 81.4 Å². The molecule has 0 radical (unpaired) electrons. The van der Waals surface area contributed by atoms with E-state index in [-0.39, 0.29) is 5.41 Å². The maximum absolute atomic E-state index is 6.75. The summed E-state index contributed by atoms with van der Waals surface area (Å²) in [6, 6.07) is 44.8. The number of benzene rings is 5. The van der Waals surface area contributed by atoms with Crippen molar-refractivity contribution in [2.75, 3.05) is 23.5 Å². The number of hydrogen-bond acceptors (Lipinski definition) is 4. The van der Waals surface area contributed by atoms with Crippen LogP contribution in [0.4, 0.5) is 17.1 Å². The van der Waals surface area contributed by atoms with Gasteiger partial charge in [-0.05, 0) is 76.7 Å². The van der Waals surface area contributed by atoms with Gasteiger partial charge in [0.1, 0.15) is 17.3 Å². The maximum Gasteiger partial charge on any atom is 0.137 e. The highest BCUT2D eigenvalue weighted by Crippen LogP contribution is 2.45. The zero-order valence-corrected chi connectivity index (χ0v) is 26.6. The molecule has 0 bridgehead atoms. The fraction of sp³-hybridized carbons (Fsp3) is 0.146. The monoisotopic (exact) mass is 600 g/mol. The third kappa shape index (κ3) is 4.85. The number of pyridine rings is 1. The molecule has 2 aromatic heterocycles. The maximum atomic E-state index is 6.75. The van der Waals surface area contributed by atoms with Gasteiger partial charge in [0.05, 0.1) is 29.1 Å². The Bertz CT molecular complexity index is 2210.